The quantitative estimate of drug-likeness (QED) is 0.240. The molecule has 0 radical (unpaired) electrons. The number of carbonyl (C=O) groups is 2. The molecule has 1 amide bonds. The van der Waals surface area contributed by atoms with E-state index in [1.807, 2.05) is 20.8 Å². The van der Waals surface area contributed by atoms with Gasteiger partial charge in [0.05, 0.1) is 41.4 Å². The van der Waals surface area contributed by atoms with Crippen LogP contribution < -0.4 is 15.4 Å². The number of amides is 1. The Kier molecular flexibility index (Phi) is 9.36. The lowest BCUT2D eigenvalue weighted by atomic mass is 9.62. The molecule has 3 aromatic rings. The Bertz CT molecular complexity index is 1600. The highest BCUT2D eigenvalue weighted by atomic mass is 35.5. The lowest BCUT2D eigenvalue weighted by Crippen LogP contribution is -2.52. The minimum atomic E-state index is -1.65. The summed E-state index contributed by atoms with van der Waals surface area (Å²) in [4.78, 5) is 25.7. The SMILES string of the molecule is COc1cc(C(=O)O)ccc1NC(=O)[C@@H]1N[C@@H](CC(C)(C)C)C[C@]1(c1cccc(Cl)c1F)C(C#N)c1ccc(Cl)cc1F. The van der Waals surface area contributed by atoms with E-state index in [1.165, 1.54) is 55.6 Å². The third-order valence-corrected chi connectivity index (χ3v) is 8.23. The summed E-state index contributed by atoms with van der Waals surface area (Å²) in [6.45, 7) is 6.04. The summed E-state index contributed by atoms with van der Waals surface area (Å²) in [5.41, 5.74) is -1.84. The van der Waals surface area contributed by atoms with Gasteiger partial charge in [-0.05, 0) is 60.2 Å². The van der Waals surface area contributed by atoms with Gasteiger partial charge >= 0.3 is 5.97 Å². The number of rotatable bonds is 8. The first kappa shape index (κ1) is 32.2. The van der Waals surface area contributed by atoms with Gasteiger partial charge in [-0.3, -0.25) is 4.79 Å². The van der Waals surface area contributed by atoms with Crippen molar-refractivity contribution in [2.24, 2.45) is 5.41 Å². The monoisotopic (exact) mass is 629 g/mol. The van der Waals surface area contributed by atoms with Crippen molar-refractivity contribution in [3.05, 3.63) is 93.0 Å². The fourth-order valence-electron chi connectivity index (χ4n) is 6.05. The highest BCUT2D eigenvalue weighted by Gasteiger charge is 2.58. The molecule has 43 heavy (non-hydrogen) atoms. The number of carboxylic acids is 1. The molecule has 1 heterocycles. The summed E-state index contributed by atoms with van der Waals surface area (Å²) in [6.07, 6.45) is 0.633. The summed E-state index contributed by atoms with van der Waals surface area (Å²) < 4.78 is 36.9. The molecule has 4 atom stereocenters. The molecule has 0 spiro atoms. The van der Waals surface area contributed by atoms with Crippen LogP contribution in [0.25, 0.3) is 0 Å². The first-order chi connectivity index (χ1) is 20.2. The van der Waals surface area contributed by atoms with E-state index in [4.69, 9.17) is 27.9 Å². The van der Waals surface area contributed by atoms with Gasteiger partial charge in [0.25, 0.3) is 0 Å². The minimum absolute atomic E-state index is 0.0156. The molecule has 7 nitrogen and oxygen atoms in total. The van der Waals surface area contributed by atoms with Crippen LogP contribution >= 0.6 is 23.2 Å². The zero-order valence-corrected chi connectivity index (χ0v) is 25.5. The molecule has 3 aromatic carbocycles. The molecule has 1 aliphatic heterocycles. The predicted octanol–water partition coefficient (Wildman–Crippen LogP) is 7.33. The smallest absolute Gasteiger partial charge is 0.335 e. The number of nitrogens with one attached hydrogen (secondary N) is 2. The average Bonchev–Trinajstić information content (AvgIpc) is 3.29. The number of hydrogen-bond donors (Lipinski definition) is 3. The van der Waals surface area contributed by atoms with Crippen molar-refractivity contribution in [1.29, 1.82) is 5.26 Å². The van der Waals surface area contributed by atoms with E-state index >= 15 is 8.78 Å². The van der Waals surface area contributed by atoms with E-state index < -0.39 is 46.9 Å². The maximum atomic E-state index is 16.1. The second-order valence-corrected chi connectivity index (χ2v) is 12.7. The Morgan fingerprint density at radius 3 is 2.51 bits per heavy atom. The van der Waals surface area contributed by atoms with Gasteiger partial charge in [-0.15, -0.1) is 0 Å². The maximum Gasteiger partial charge on any atom is 0.335 e. The standard InChI is InChI=1S/C32H31Cl2F2N3O4/c1-31(2,3)14-19-15-32(21-6-5-7-23(34)27(21)36,22(16-37)20-10-9-18(33)13-24(20)35)28(38-19)29(40)39-25-11-8-17(30(41)42)12-26(25)43-4/h5-13,19,22,28,38H,14-15H2,1-4H3,(H,39,40)(H,41,42)/t19-,22?,28-,32-/m0/s1. The number of anilines is 1. The number of carboxylic acid groups (broad SMARTS) is 1. The number of carbonyl (C=O) groups excluding carboxylic acids is 1. The van der Waals surface area contributed by atoms with E-state index in [0.717, 1.165) is 6.07 Å². The van der Waals surface area contributed by atoms with Gasteiger partial charge in [-0.2, -0.15) is 5.26 Å². The van der Waals surface area contributed by atoms with E-state index in [1.54, 1.807) is 0 Å². The number of nitriles is 1. The summed E-state index contributed by atoms with van der Waals surface area (Å²) >= 11 is 12.3. The lowest BCUT2D eigenvalue weighted by Gasteiger charge is -2.39. The average molecular weight is 631 g/mol. The molecule has 0 aliphatic carbocycles. The van der Waals surface area contributed by atoms with Crippen molar-refractivity contribution in [3.63, 3.8) is 0 Å². The zero-order chi connectivity index (χ0) is 31.7. The Morgan fingerprint density at radius 2 is 1.91 bits per heavy atom. The largest absolute Gasteiger partial charge is 0.495 e. The number of nitrogens with zero attached hydrogens (tertiary/aromatic N) is 1. The zero-order valence-electron chi connectivity index (χ0n) is 24.0. The van der Waals surface area contributed by atoms with E-state index in [-0.39, 0.29) is 50.0 Å². The number of benzene rings is 3. The van der Waals surface area contributed by atoms with E-state index in [2.05, 4.69) is 16.7 Å². The maximum absolute atomic E-state index is 16.1. The van der Waals surface area contributed by atoms with Crippen LogP contribution in [0.2, 0.25) is 10.0 Å². The van der Waals surface area contributed by atoms with Gasteiger partial charge in [0.1, 0.15) is 17.4 Å². The van der Waals surface area contributed by atoms with Crippen LogP contribution in [0.15, 0.2) is 54.6 Å². The molecule has 11 heteroatoms. The minimum Gasteiger partial charge on any atom is -0.495 e. The number of halogens is 4. The van der Waals surface area contributed by atoms with Gasteiger partial charge in [0.2, 0.25) is 5.91 Å². The molecule has 0 aromatic heterocycles. The molecule has 0 saturated carbocycles. The first-order valence-corrected chi connectivity index (χ1v) is 14.2. The number of aromatic carboxylic acids is 1. The second kappa shape index (κ2) is 12.5. The third kappa shape index (κ3) is 6.47. The van der Waals surface area contributed by atoms with Crippen LogP contribution in [0.3, 0.4) is 0 Å². The molecular weight excluding hydrogens is 599 g/mol. The molecule has 1 unspecified atom stereocenters. The fraction of sp³-hybridized carbons (Fsp3) is 0.344. The number of methoxy groups -OCH3 is 1. The van der Waals surface area contributed by atoms with E-state index in [9.17, 15) is 20.0 Å². The van der Waals surface area contributed by atoms with Crippen molar-refractivity contribution >= 4 is 40.8 Å². The Morgan fingerprint density at radius 1 is 1.19 bits per heavy atom. The molecule has 3 N–H and O–H groups in total. The summed E-state index contributed by atoms with van der Waals surface area (Å²) in [5, 5.41) is 26.0. The van der Waals surface area contributed by atoms with Gasteiger partial charge in [0, 0.05) is 22.0 Å². The van der Waals surface area contributed by atoms with Crippen molar-refractivity contribution in [1.82, 2.24) is 5.32 Å². The summed E-state index contributed by atoms with van der Waals surface area (Å²) in [6, 6.07) is 12.7. The highest BCUT2D eigenvalue weighted by Crippen LogP contribution is 2.52. The fourth-order valence-corrected chi connectivity index (χ4v) is 6.38. The molecule has 1 saturated heterocycles. The summed E-state index contributed by atoms with van der Waals surface area (Å²) in [7, 11) is 1.32. The van der Waals surface area contributed by atoms with Crippen LogP contribution in [0.1, 0.15) is 61.0 Å². The van der Waals surface area contributed by atoms with Gasteiger partial charge in [0.15, 0.2) is 0 Å². The number of hydrogen-bond acceptors (Lipinski definition) is 5. The molecule has 4 rings (SSSR count). The van der Waals surface area contributed by atoms with Crippen LogP contribution in [-0.4, -0.2) is 36.2 Å². The molecule has 226 valence electrons. The van der Waals surface area contributed by atoms with E-state index in [0.29, 0.717) is 6.42 Å². The normalized spacial score (nSPS) is 20.7. The highest BCUT2D eigenvalue weighted by molar-refractivity contribution is 6.31. The predicted molar refractivity (Wildman–Crippen MR) is 161 cm³/mol. The second-order valence-electron chi connectivity index (χ2n) is 11.8. The van der Waals surface area contributed by atoms with Gasteiger partial charge in [-0.1, -0.05) is 62.2 Å². The molecule has 1 aliphatic rings. The Balaban J connectivity index is 1.95. The van der Waals surface area contributed by atoms with Gasteiger partial charge < -0.3 is 20.5 Å². The third-order valence-electron chi connectivity index (χ3n) is 7.70. The van der Waals surface area contributed by atoms with Crippen LogP contribution in [0.5, 0.6) is 5.75 Å². The number of ether oxygens (including phenoxy) is 1. The topological polar surface area (TPSA) is 111 Å². The molecule has 1 fully saturated rings. The van der Waals surface area contributed by atoms with Crippen LogP contribution in [-0.2, 0) is 10.2 Å². The van der Waals surface area contributed by atoms with Crippen LogP contribution in [0, 0.1) is 28.4 Å². The van der Waals surface area contributed by atoms with Crippen molar-refractivity contribution < 1.29 is 28.2 Å². The Labute approximate surface area is 258 Å². The molecular formula is C32H31Cl2F2N3O4. The van der Waals surface area contributed by atoms with Crippen LogP contribution in [0.4, 0.5) is 14.5 Å². The first-order valence-electron chi connectivity index (χ1n) is 13.5. The van der Waals surface area contributed by atoms with Crippen molar-refractivity contribution in [2.75, 3.05) is 12.4 Å². The van der Waals surface area contributed by atoms with Gasteiger partial charge in [-0.25, -0.2) is 13.6 Å². The Hall–Kier alpha value is -3.71. The van der Waals surface area contributed by atoms with Crippen molar-refractivity contribution in [3.8, 4) is 11.8 Å². The molecule has 0 bridgehead atoms. The van der Waals surface area contributed by atoms with Crippen molar-refractivity contribution in [2.45, 2.75) is 57.0 Å². The summed E-state index contributed by atoms with van der Waals surface area (Å²) in [5.74, 6) is -4.72. The lowest BCUT2D eigenvalue weighted by molar-refractivity contribution is -0.119.